The van der Waals surface area contributed by atoms with Crippen LogP contribution in [0, 0.1) is 0 Å². The van der Waals surface area contributed by atoms with Crippen LogP contribution >= 0.6 is 0 Å². The summed E-state index contributed by atoms with van der Waals surface area (Å²) in [6, 6.07) is 45.7. The summed E-state index contributed by atoms with van der Waals surface area (Å²) < 4.78 is 16.6. The lowest BCUT2D eigenvalue weighted by Gasteiger charge is -2.33. The molecule has 0 saturated carbocycles. The van der Waals surface area contributed by atoms with Crippen molar-refractivity contribution in [1.82, 2.24) is 9.25 Å². The Balaban J connectivity index is 1.27. The lowest BCUT2D eigenvalue weighted by molar-refractivity contribution is -0.993. The van der Waals surface area contributed by atoms with Crippen molar-refractivity contribution in [3.05, 3.63) is 157 Å². The third-order valence-electron chi connectivity index (χ3n) is 9.83. The van der Waals surface area contributed by atoms with Gasteiger partial charge in [-0.1, -0.05) is 77.5 Å². The minimum Gasteiger partial charge on any atom is -0.455 e. The fourth-order valence-corrected chi connectivity index (χ4v) is 8.12. The van der Waals surface area contributed by atoms with Crippen molar-refractivity contribution in [1.29, 1.82) is 0 Å². The Kier molecular flexibility index (Phi) is 3.97. The molecule has 0 N–H and O–H groups in total. The summed E-state index contributed by atoms with van der Waals surface area (Å²) in [6.07, 6.45) is 6.59. The maximum absolute atomic E-state index is 7.09. The fourth-order valence-electron chi connectivity index (χ4n) is 8.12. The third-order valence-corrected chi connectivity index (χ3v) is 9.83. The van der Waals surface area contributed by atoms with Crippen molar-refractivity contribution >= 4 is 21.8 Å². The Morgan fingerprint density at radius 1 is 0.591 bits per heavy atom. The number of pyridine rings is 1. The Morgan fingerprint density at radius 2 is 1.39 bits per heavy atom. The maximum Gasteiger partial charge on any atom is 0.397 e. The maximum atomic E-state index is 7.09. The van der Waals surface area contributed by atoms with Gasteiger partial charge in [0.1, 0.15) is 17.0 Å². The van der Waals surface area contributed by atoms with Gasteiger partial charge in [-0.2, -0.15) is 9.13 Å². The highest BCUT2D eigenvalue weighted by molar-refractivity contribution is 6.11. The molecule has 44 heavy (non-hydrogen) atoms. The second kappa shape index (κ2) is 7.71. The first kappa shape index (κ1) is 22.6. The van der Waals surface area contributed by atoms with Crippen molar-refractivity contribution in [2.45, 2.75) is 5.66 Å². The number of fused-ring (bicyclic) bond motifs is 7. The van der Waals surface area contributed by atoms with Gasteiger partial charge in [-0.3, -0.25) is 0 Å². The van der Waals surface area contributed by atoms with Gasteiger partial charge in [0.2, 0.25) is 6.20 Å². The number of ether oxygens (including phenoxy) is 1. The normalized spacial score (nSPS) is 16.5. The van der Waals surface area contributed by atoms with Crippen molar-refractivity contribution in [2.24, 2.45) is 0 Å². The van der Waals surface area contributed by atoms with Crippen LogP contribution in [0.5, 0.6) is 11.5 Å². The zero-order chi connectivity index (χ0) is 28.6. The Bertz CT molecular complexity index is 2520. The van der Waals surface area contributed by atoms with Crippen LogP contribution < -0.4 is 14.0 Å². The minimum atomic E-state index is -0.664. The van der Waals surface area contributed by atoms with Gasteiger partial charge in [0.15, 0.2) is 22.4 Å². The van der Waals surface area contributed by atoms with E-state index in [0.29, 0.717) is 0 Å². The summed E-state index contributed by atoms with van der Waals surface area (Å²) in [5.74, 6) is 2.92. The highest BCUT2D eigenvalue weighted by Gasteiger charge is 2.68. The van der Waals surface area contributed by atoms with E-state index < -0.39 is 5.66 Å². The van der Waals surface area contributed by atoms with Crippen molar-refractivity contribution < 1.29 is 14.0 Å². The molecular weight excluding hydrogens is 540 g/mol. The second-order valence-corrected chi connectivity index (χ2v) is 11.9. The summed E-state index contributed by atoms with van der Waals surface area (Å²) in [4.78, 5) is 0. The van der Waals surface area contributed by atoms with Crippen LogP contribution in [0.4, 0.5) is 0 Å². The molecule has 6 heterocycles. The predicted octanol–water partition coefficient (Wildman–Crippen LogP) is 7.51. The van der Waals surface area contributed by atoms with Crippen LogP contribution in [-0.4, -0.2) is 9.25 Å². The molecule has 5 nitrogen and oxygen atoms in total. The van der Waals surface area contributed by atoms with Gasteiger partial charge in [-0.25, -0.2) is 0 Å². The average Bonchev–Trinajstić information content (AvgIpc) is 3.78. The molecule has 11 rings (SSSR count). The first-order valence-corrected chi connectivity index (χ1v) is 15.0. The molecule has 1 spiro atoms. The van der Waals surface area contributed by atoms with Gasteiger partial charge < -0.3 is 4.74 Å². The van der Waals surface area contributed by atoms with E-state index in [2.05, 4.69) is 164 Å². The number of aromatic nitrogens is 4. The van der Waals surface area contributed by atoms with Crippen LogP contribution in [0.15, 0.2) is 146 Å². The van der Waals surface area contributed by atoms with E-state index in [0.717, 1.165) is 39.7 Å². The molecule has 0 amide bonds. The Labute approximate surface area is 252 Å². The van der Waals surface area contributed by atoms with Crippen LogP contribution in [0.3, 0.4) is 0 Å². The number of para-hydroxylation sites is 1. The van der Waals surface area contributed by atoms with E-state index in [1.165, 1.54) is 38.5 Å². The van der Waals surface area contributed by atoms with E-state index in [1.807, 2.05) is 0 Å². The molecule has 0 fully saturated rings. The molecule has 3 aliphatic heterocycles. The number of hydrogen-bond acceptors (Lipinski definition) is 1. The summed E-state index contributed by atoms with van der Waals surface area (Å²) in [7, 11) is 0. The first-order valence-electron chi connectivity index (χ1n) is 15.0. The van der Waals surface area contributed by atoms with Crippen molar-refractivity contribution in [3.8, 4) is 45.3 Å². The third kappa shape index (κ3) is 2.47. The second-order valence-electron chi connectivity index (χ2n) is 11.9. The zero-order valence-electron chi connectivity index (χ0n) is 23.6. The van der Waals surface area contributed by atoms with E-state index in [1.54, 1.807) is 0 Å². The molecule has 0 bridgehead atoms. The Hall–Kier alpha value is -5.94. The molecule has 0 saturated heterocycles. The number of benzene rings is 5. The van der Waals surface area contributed by atoms with E-state index >= 15 is 0 Å². The molecular formula is C39H24N4O+2. The number of rotatable bonds is 2. The standard InChI is InChI=1S/C39H24N4O/c1-2-9-25(10-3-1)26-14-16-27(17-15-26)28-18-20-32-35-38(28)44-33-21-19-30-29-11-4-5-12-31(29)43-34-13-6-7-22-40(34)39(35,36(33)37(30)43)42-24-8-23-41(32)42/h1-24H/q+2. The first-order chi connectivity index (χ1) is 21.8. The van der Waals surface area contributed by atoms with Crippen LogP contribution in [0.25, 0.3) is 55.6 Å². The molecule has 3 aliphatic rings. The minimum absolute atomic E-state index is 0.664. The average molecular weight is 565 g/mol. The summed E-state index contributed by atoms with van der Waals surface area (Å²) in [5, 5.41) is 2.48. The monoisotopic (exact) mass is 564 g/mol. The number of nitrogens with zero attached hydrogens (tertiary/aromatic N) is 4. The van der Waals surface area contributed by atoms with Gasteiger partial charge >= 0.3 is 5.66 Å². The van der Waals surface area contributed by atoms with Crippen LogP contribution in [0.2, 0.25) is 0 Å². The molecule has 3 aromatic heterocycles. The van der Waals surface area contributed by atoms with Gasteiger partial charge in [0.05, 0.1) is 12.4 Å². The quantitative estimate of drug-likeness (QED) is 0.200. The topological polar surface area (TPSA) is 26.8 Å². The smallest absolute Gasteiger partial charge is 0.397 e. The summed E-state index contributed by atoms with van der Waals surface area (Å²) in [5.41, 5.74) is 9.82. The van der Waals surface area contributed by atoms with E-state index in [4.69, 9.17) is 4.74 Å². The molecule has 5 aromatic carbocycles. The van der Waals surface area contributed by atoms with Crippen LogP contribution in [0.1, 0.15) is 11.1 Å². The van der Waals surface area contributed by atoms with Gasteiger partial charge in [-0.15, -0.1) is 4.68 Å². The van der Waals surface area contributed by atoms with Crippen LogP contribution in [-0.2, 0) is 5.66 Å². The predicted molar refractivity (Wildman–Crippen MR) is 169 cm³/mol. The lowest BCUT2D eigenvalue weighted by Crippen LogP contribution is -2.76. The molecule has 1 atom stereocenters. The number of hydrogen-bond donors (Lipinski definition) is 0. The highest BCUT2D eigenvalue weighted by atomic mass is 16.5. The molecule has 204 valence electrons. The summed E-state index contributed by atoms with van der Waals surface area (Å²) >= 11 is 0. The fraction of sp³-hybridized carbons (Fsp3) is 0.0256. The van der Waals surface area contributed by atoms with Gasteiger partial charge in [-0.05, 0) is 59.2 Å². The largest absolute Gasteiger partial charge is 0.455 e. The highest BCUT2D eigenvalue weighted by Crippen LogP contribution is 2.57. The SMILES string of the molecule is c1ccc(-c2ccc(-c3ccc4c5c3Oc3ccc6c7ccccc7n7c6c3C5([n+]3ccccc3-7)[n+]3cccn3-4)cc2)cc1. The van der Waals surface area contributed by atoms with Gasteiger partial charge in [0, 0.05) is 28.5 Å². The Morgan fingerprint density at radius 3 is 2.30 bits per heavy atom. The molecule has 0 aliphatic carbocycles. The zero-order valence-corrected chi connectivity index (χ0v) is 23.6. The lowest BCUT2D eigenvalue weighted by atomic mass is 9.82. The van der Waals surface area contributed by atoms with Crippen molar-refractivity contribution in [3.63, 3.8) is 0 Å². The van der Waals surface area contributed by atoms with E-state index in [9.17, 15) is 0 Å². The molecule has 0 radical (unpaired) electrons. The summed E-state index contributed by atoms with van der Waals surface area (Å²) in [6.45, 7) is 0. The molecule has 8 aromatic rings. The molecule has 5 heteroatoms. The molecule has 1 unspecified atom stereocenters. The van der Waals surface area contributed by atoms with Gasteiger partial charge in [0.25, 0.3) is 5.82 Å². The van der Waals surface area contributed by atoms with Crippen molar-refractivity contribution in [2.75, 3.05) is 0 Å². The van der Waals surface area contributed by atoms with E-state index in [-0.39, 0.29) is 0 Å².